The van der Waals surface area contributed by atoms with Gasteiger partial charge in [-0.25, -0.2) is 9.18 Å². The minimum atomic E-state index is -5.08. The molecule has 1 saturated heterocycles. The Labute approximate surface area is 222 Å². The Bertz CT molecular complexity index is 1290. The molecule has 0 bridgehead atoms. The number of carbonyl (C=O) groups is 2. The van der Waals surface area contributed by atoms with Crippen molar-refractivity contribution in [3.63, 3.8) is 0 Å². The van der Waals surface area contributed by atoms with Crippen LogP contribution in [0, 0.1) is 11.7 Å². The van der Waals surface area contributed by atoms with Gasteiger partial charge < -0.3 is 10.4 Å². The van der Waals surface area contributed by atoms with Gasteiger partial charge >= 0.3 is 18.3 Å². The van der Waals surface area contributed by atoms with Gasteiger partial charge in [0.25, 0.3) is 5.91 Å². The summed E-state index contributed by atoms with van der Waals surface area (Å²) in [5.74, 6) is -2.93. The highest BCUT2D eigenvalue weighted by Gasteiger charge is 2.38. The third-order valence-corrected chi connectivity index (χ3v) is 6.73. The molecule has 2 heterocycles. The fraction of sp³-hybridized carbons (Fsp3) is 0.308. The number of hydrogen-bond donors (Lipinski definition) is 2. The van der Waals surface area contributed by atoms with E-state index in [1.54, 1.807) is 23.6 Å². The molecule has 0 radical (unpaired) electrons. The van der Waals surface area contributed by atoms with Crippen LogP contribution in [-0.4, -0.2) is 47.7 Å². The number of carboxylic acids is 1. The smallest absolute Gasteiger partial charge is 0.475 e. The number of nitrogens with zero attached hydrogens (tertiary/aromatic N) is 1. The predicted octanol–water partition coefficient (Wildman–Crippen LogP) is 6.46. The molecule has 2 aromatic carbocycles. The number of carbonyl (C=O) groups excluding carboxylic acids is 1. The van der Waals surface area contributed by atoms with Crippen LogP contribution in [0.15, 0.2) is 60.0 Å². The van der Waals surface area contributed by atoms with Crippen molar-refractivity contribution in [3.8, 4) is 11.1 Å². The van der Waals surface area contributed by atoms with Crippen molar-refractivity contribution in [1.82, 2.24) is 10.2 Å². The highest BCUT2D eigenvalue weighted by atomic mass is 32.1. The molecule has 13 heteroatoms. The molecule has 1 aliphatic rings. The highest BCUT2D eigenvalue weighted by Crippen LogP contribution is 2.33. The third kappa shape index (κ3) is 9.06. The van der Waals surface area contributed by atoms with E-state index in [9.17, 15) is 35.5 Å². The molecule has 0 saturated carbocycles. The zero-order valence-corrected chi connectivity index (χ0v) is 21.0. The van der Waals surface area contributed by atoms with Gasteiger partial charge in [-0.2, -0.15) is 26.3 Å². The summed E-state index contributed by atoms with van der Waals surface area (Å²) < 4.78 is 83.9. The van der Waals surface area contributed by atoms with Gasteiger partial charge in [-0.3, -0.25) is 9.69 Å². The maximum atomic E-state index is 13.4. The molecule has 0 spiro atoms. The number of carboxylic acid groups (broad SMARTS) is 1. The van der Waals surface area contributed by atoms with Crippen LogP contribution in [-0.2, 0) is 17.5 Å². The molecular weight excluding hydrogens is 553 g/mol. The first-order valence-electron chi connectivity index (χ1n) is 11.5. The molecule has 39 heavy (non-hydrogen) atoms. The van der Waals surface area contributed by atoms with Crippen molar-refractivity contribution >= 4 is 23.2 Å². The Morgan fingerprint density at radius 2 is 1.69 bits per heavy atom. The minimum Gasteiger partial charge on any atom is -0.475 e. The molecular formula is C26H23F7N2O3S. The summed E-state index contributed by atoms with van der Waals surface area (Å²) in [6, 6.07) is 13.3. The summed E-state index contributed by atoms with van der Waals surface area (Å²) in [6.07, 6.45) is -8.55. The number of aliphatic carboxylic acids is 1. The molecule has 2 N–H and O–H groups in total. The van der Waals surface area contributed by atoms with Gasteiger partial charge in [-0.1, -0.05) is 24.3 Å². The van der Waals surface area contributed by atoms with Gasteiger partial charge in [-0.15, -0.1) is 11.3 Å². The van der Waals surface area contributed by atoms with E-state index in [-0.39, 0.29) is 11.7 Å². The van der Waals surface area contributed by atoms with Gasteiger partial charge in [0, 0.05) is 19.6 Å². The average Bonchev–Trinajstić information content (AvgIpc) is 3.52. The minimum absolute atomic E-state index is 0.225. The van der Waals surface area contributed by atoms with Crippen molar-refractivity contribution in [2.75, 3.05) is 19.6 Å². The van der Waals surface area contributed by atoms with Crippen LogP contribution in [0.25, 0.3) is 11.1 Å². The number of likely N-dealkylation sites (tertiary alicyclic amines) is 1. The highest BCUT2D eigenvalue weighted by molar-refractivity contribution is 7.12. The van der Waals surface area contributed by atoms with E-state index in [1.807, 2.05) is 6.07 Å². The lowest BCUT2D eigenvalue weighted by Crippen LogP contribution is -2.30. The van der Waals surface area contributed by atoms with Gasteiger partial charge in [0.2, 0.25) is 0 Å². The lowest BCUT2D eigenvalue weighted by molar-refractivity contribution is -0.192. The number of alkyl halides is 6. The molecule has 1 aromatic heterocycles. The normalized spacial score (nSPS) is 15.9. The predicted molar refractivity (Wildman–Crippen MR) is 131 cm³/mol. The summed E-state index contributed by atoms with van der Waals surface area (Å²) in [5.41, 5.74) is 1.24. The molecule has 1 unspecified atom stereocenters. The monoisotopic (exact) mass is 576 g/mol. The third-order valence-electron chi connectivity index (χ3n) is 5.81. The molecule has 1 fully saturated rings. The molecule has 1 amide bonds. The second-order valence-corrected chi connectivity index (χ2v) is 9.72. The van der Waals surface area contributed by atoms with E-state index < -0.39 is 23.9 Å². The topological polar surface area (TPSA) is 69.6 Å². The second kappa shape index (κ2) is 12.6. The molecule has 5 nitrogen and oxygen atoms in total. The quantitative estimate of drug-likeness (QED) is 0.331. The van der Waals surface area contributed by atoms with Crippen LogP contribution in [0.1, 0.15) is 27.2 Å². The van der Waals surface area contributed by atoms with Crippen LogP contribution < -0.4 is 5.32 Å². The summed E-state index contributed by atoms with van der Waals surface area (Å²) in [7, 11) is 0. The summed E-state index contributed by atoms with van der Waals surface area (Å²) in [6.45, 7) is 2.90. The van der Waals surface area contributed by atoms with Crippen LogP contribution in [0.5, 0.6) is 0 Å². The van der Waals surface area contributed by atoms with Gasteiger partial charge in [0.1, 0.15) is 5.82 Å². The lowest BCUT2D eigenvalue weighted by atomic mass is 10.1. The van der Waals surface area contributed by atoms with Crippen molar-refractivity contribution in [1.29, 1.82) is 0 Å². The SMILES string of the molecule is O=C(NCC1CCN(Cc2cccc(F)c2)C1)c1cc(-c2cccc(C(F)(F)F)c2)cs1.O=C(O)C(F)(F)F. The van der Waals surface area contributed by atoms with Gasteiger partial charge in [-0.05, 0) is 71.3 Å². The van der Waals surface area contributed by atoms with E-state index in [2.05, 4.69) is 10.2 Å². The number of rotatable bonds is 6. The summed E-state index contributed by atoms with van der Waals surface area (Å²) in [4.78, 5) is 24.1. The van der Waals surface area contributed by atoms with Gasteiger partial charge in [0.05, 0.1) is 10.4 Å². The van der Waals surface area contributed by atoms with E-state index in [4.69, 9.17) is 9.90 Å². The van der Waals surface area contributed by atoms with Crippen LogP contribution in [0.2, 0.25) is 0 Å². The number of amides is 1. The fourth-order valence-corrected chi connectivity index (χ4v) is 4.75. The first-order chi connectivity index (χ1) is 18.2. The maximum Gasteiger partial charge on any atom is 0.490 e. The van der Waals surface area contributed by atoms with Crippen LogP contribution in [0.3, 0.4) is 0 Å². The second-order valence-electron chi connectivity index (χ2n) is 8.81. The summed E-state index contributed by atoms with van der Waals surface area (Å²) in [5, 5.41) is 11.8. The molecule has 1 atom stereocenters. The largest absolute Gasteiger partial charge is 0.490 e. The van der Waals surface area contributed by atoms with Crippen LogP contribution in [0.4, 0.5) is 30.7 Å². The number of hydrogen-bond acceptors (Lipinski definition) is 4. The first-order valence-corrected chi connectivity index (χ1v) is 12.4. The van der Waals surface area contributed by atoms with Crippen LogP contribution >= 0.6 is 11.3 Å². The number of halogens is 7. The Hall–Kier alpha value is -3.45. The molecule has 4 rings (SSSR count). The van der Waals surface area contributed by atoms with E-state index in [0.717, 1.165) is 37.2 Å². The fourth-order valence-electron chi connectivity index (χ4n) is 3.92. The van der Waals surface area contributed by atoms with E-state index >= 15 is 0 Å². The Kier molecular flexibility index (Phi) is 9.73. The van der Waals surface area contributed by atoms with Crippen molar-refractivity contribution < 1.29 is 45.4 Å². The van der Waals surface area contributed by atoms with Gasteiger partial charge in [0.15, 0.2) is 0 Å². The Morgan fingerprint density at radius 3 is 2.33 bits per heavy atom. The first kappa shape index (κ1) is 30.1. The number of thiophene rings is 1. The molecule has 210 valence electrons. The average molecular weight is 577 g/mol. The number of nitrogens with one attached hydrogen (secondary N) is 1. The van der Waals surface area contributed by atoms with Crippen molar-refractivity contribution in [2.45, 2.75) is 25.3 Å². The maximum absolute atomic E-state index is 13.4. The Morgan fingerprint density at radius 1 is 1.00 bits per heavy atom. The lowest BCUT2D eigenvalue weighted by Gasteiger charge is -2.16. The zero-order chi connectivity index (χ0) is 28.8. The zero-order valence-electron chi connectivity index (χ0n) is 20.2. The summed E-state index contributed by atoms with van der Waals surface area (Å²) >= 11 is 1.21. The molecule has 3 aromatic rings. The Balaban J connectivity index is 0.000000532. The molecule has 0 aliphatic carbocycles. The van der Waals surface area contributed by atoms with Crippen molar-refractivity contribution in [2.24, 2.45) is 5.92 Å². The van der Waals surface area contributed by atoms with E-state index in [0.29, 0.717) is 35.0 Å². The van der Waals surface area contributed by atoms with E-state index in [1.165, 1.54) is 29.5 Å². The molecule has 1 aliphatic heterocycles. The standard InChI is InChI=1S/C24H22F4N2OS.C2HF3O2/c25-21-6-1-3-16(9-21)13-30-8-7-17(14-30)12-29-23(31)22-11-19(15-32-22)18-4-2-5-20(10-18)24(26,27)28;3-2(4,5)1(6)7/h1-6,9-11,15,17H,7-8,12-14H2,(H,29,31);(H,6,7). The number of benzene rings is 2. The van der Waals surface area contributed by atoms with Crippen molar-refractivity contribution in [3.05, 3.63) is 81.8 Å².